The average molecular weight is 216 g/mol. The largest absolute Gasteiger partial charge is 0.248 e. The van der Waals surface area contributed by atoms with E-state index in [1.165, 1.54) is 0 Å². The van der Waals surface area contributed by atoms with E-state index in [4.69, 9.17) is 0 Å². The number of halogens is 1. The van der Waals surface area contributed by atoms with Crippen molar-refractivity contribution in [3.8, 4) is 0 Å². The molecule has 0 atom stereocenters. The lowest BCUT2D eigenvalue weighted by Crippen LogP contribution is -1.92. The van der Waals surface area contributed by atoms with Crippen molar-refractivity contribution in [2.75, 3.05) is 5.33 Å². The molecule has 0 radical (unpaired) electrons. The van der Waals surface area contributed by atoms with E-state index in [0.29, 0.717) is 0 Å². The molecule has 1 heterocycles. The second kappa shape index (κ2) is 4.28. The maximum Gasteiger partial charge on any atom is 0.0806 e. The molecular formula is C7H10BrN3. The minimum Gasteiger partial charge on any atom is -0.248 e. The second-order valence-corrected chi connectivity index (χ2v) is 2.96. The van der Waals surface area contributed by atoms with E-state index < -0.39 is 0 Å². The predicted octanol–water partition coefficient (Wildman–Crippen LogP) is 1.61. The monoisotopic (exact) mass is 215 g/mol. The highest BCUT2D eigenvalue weighted by Crippen LogP contribution is 1.98. The first-order valence-electron chi connectivity index (χ1n) is 3.42. The average Bonchev–Trinajstić information content (AvgIpc) is 2.37. The van der Waals surface area contributed by atoms with E-state index in [1.807, 2.05) is 13.1 Å². The van der Waals surface area contributed by atoms with Crippen molar-refractivity contribution in [3.05, 3.63) is 18.0 Å². The standard InChI is InChI=1S/C7H10BrN3/c1-11-7(6-9-10-11)4-2-3-5-8/h2,4,6H,3,5H2,1H3/b4-2+. The van der Waals surface area contributed by atoms with E-state index >= 15 is 0 Å². The molecule has 1 rings (SSSR count). The fourth-order valence-corrected chi connectivity index (χ4v) is 0.980. The van der Waals surface area contributed by atoms with Crippen LogP contribution in [0.1, 0.15) is 12.1 Å². The van der Waals surface area contributed by atoms with Crippen LogP contribution in [0.3, 0.4) is 0 Å². The fraction of sp³-hybridized carbons (Fsp3) is 0.429. The number of allylic oxidation sites excluding steroid dienone is 1. The molecule has 0 saturated carbocycles. The lowest BCUT2D eigenvalue weighted by Gasteiger charge is -1.89. The number of rotatable bonds is 3. The molecule has 0 aromatic carbocycles. The van der Waals surface area contributed by atoms with Crippen LogP contribution in [0, 0.1) is 0 Å². The first-order chi connectivity index (χ1) is 5.34. The van der Waals surface area contributed by atoms with Gasteiger partial charge in [-0.1, -0.05) is 27.2 Å². The lowest BCUT2D eigenvalue weighted by atomic mass is 10.3. The normalized spacial score (nSPS) is 11.1. The van der Waals surface area contributed by atoms with Gasteiger partial charge in [-0.05, 0) is 12.5 Å². The summed E-state index contributed by atoms with van der Waals surface area (Å²) in [4.78, 5) is 0. The number of aryl methyl sites for hydroxylation is 1. The number of hydrogen-bond acceptors (Lipinski definition) is 2. The van der Waals surface area contributed by atoms with Crippen molar-refractivity contribution >= 4 is 22.0 Å². The lowest BCUT2D eigenvalue weighted by molar-refractivity contribution is 0.709. The molecule has 0 saturated heterocycles. The summed E-state index contributed by atoms with van der Waals surface area (Å²) in [5.74, 6) is 0. The summed E-state index contributed by atoms with van der Waals surface area (Å²) in [5.41, 5.74) is 1.03. The zero-order valence-electron chi connectivity index (χ0n) is 6.37. The summed E-state index contributed by atoms with van der Waals surface area (Å²) in [7, 11) is 1.88. The smallest absolute Gasteiger partial charge is 0.0806 e. The molecule has 11 heavy (non-hydrogen) atoms. The SMILES string of the molecule is Cn1nncc1/C=C/CCBr. The molecule has 1 aromatic rings. The van der Waals surface area contributed by atoms with Crippen molar-refractivity contribution in [1.29, 1.82) is 0 Å². The van der Waals surface area contributed by atoms with Crippen LogP contribution in [-0.2, 0) is 7.05 Å². The summed E-state index contributed by atoms with van der Waals surface area (Å²) in [6.45, 7) is 0. The van der Waals surface area contributed by atoms with Crippen molar-refractivity contribution in [1.82, 2.24) is 15.0 Å². The van der Waals surface area contributed by atoms with Gasteiger partial charge in [-0.2, -0.15) is 0 Å². The highest BCUT2D eigenvalue weighted by Gasteiger charge is 1.91. The highest BCUT2D eigenvalue weighted by atomic mass is 79.9. The van der Waals surface area contributed by atoms with Crippen LogP contribution in [0.2, 0.25) is 0 Å². The number of hydrogen-bond donors (Lipinski definition) is 0. The van der Waals surface area contributed by atoms with Crippen LogP contribution in [0.25, 0.3) is 6.08 Å². The third-order valence-corrected chi connectivity index (χ3v) is 1.77. The van der Waals surface area contributed by atoms with Gasteiger partial charge in [0.05, 0.1) is 11.9 Å². The van der Waals surface area contributed by atoms with Gasteiger partial charge in [-0.3, -0.25) is 0 Å². The molecule has 0 N–H and O–H groups in total. The summed E-state index contributed by atoms with van der Waals surface area (Å²) >= 11 is 3.34. The number of nitrogens with zero attached hydrogens (tertiary/aromatic N) is 3. The number of alkyl halides is 1. The van der Waals surface area contributed by atoms with Crippen LogP contribution in [0.5, 0.6) is 0 Å². The molecule has 60 valence electrons. The first kappa shape index (κ1) is 8.46. The van der Waals surface area contributed by atoms with Gasteiger partial charge in [-0.15, -0.1) is 5.10 Å². The molecule has 0 aliphatic rings. The van der Waals surface area contributed by atoms with Gasteiger partial charge in [0, 0.05) is 12.4 Å². The summed E-state index contributed by atoms with van der Waals surface area (Å²) in [6.07, 6.45) is 6.88. The van der Waals surface area contributed by atoms with Gasteiger partial charge in [0.1, 0.15) is 0 Å². The van der Waals surface area contributed by atoms with E-state index in [-0.39, 0.29) is 0 Å². The topological polar surface area (TPSA) is 30.7 Å². The molecule has 0 spiro atoms. The molecule has 0 aliphatic carbocycles. The Bertz CT molecular complexity index is 242. The zero-order chi connectivity index (χ0) is 8.10. The summed E-state index contributed by atoms with van der Waals surface area (Å²) in [6, 6.07) is 0. The van der Waals surface area contributed by atoms with Crippen LogP contribution in [0.15, 0.2) is 12.3 Å². The molecule has 1 aromatic heterocycles. The third kappa shape index (κ3) is 2.46. The van der Waals surface area contributed by atoms with E-state index in [1.54, 1.807) is 10.9 Å². The highest BCUT2D eigenvalue weighted by molar-refractivity contribution is 9.09. The van der Waals surface area contributed by atoms with Crippen molar-refractivity contribution in [2.45, 2.75) is 6.42 Å². The summed E-state index contributed by atoms with van der Waals surface area (Å²) in [5, 5.41) is 8.54. The van der Waals surface area contributed by atoms with E-state index in [9.17, 15) is 0 Å². The number of aromatic nitrogens is 3. The molecular weight excluding hydrogens is 206 g/mol. The van der Waals surface area contributed by atoms with Crippen molar-refractivity contribution in [3.63, 3.8) is 0 Å². The Morgan fingerprint density at radius 2 is 2.55 bits per heavy atom. The Kier molecular flexibility index (Phi) is 3.29. The molecule has 0 fully saturated rings. The quantitative estimate of drug-likeness (QED) is 0.718. The van der Waals surface area contributed by atoms with Gasteiger partial charge in [0.15, 0.2) is 0 Å². The van der Waals surface area contributed by atoms with Crippen LogP contribution in [0.4, 0.5) is 0 Å². The van der Waals surface area contributed by atoms with Gasteiger partial charge < -0.3 is 0 Å². The predicted molar refractivity (Wildman–Crippen MR) is 48.4 cm³/mol. The molecule has 0 amide bonds. The van der Waals surface area contributed by atoms with E-state index in [0.717, 1.165) is 17.4 Å². The maximum atomic E-state index is 3.80. The minimum absolute atomic E-state index is 0.995. The van der Waals surface area contributed by atoms with Gasteiger partial charge >= 0.3 is 0 Å². The van der Waals surface area contributed by atoms with Gasteiger partial charge in [0.25, 0.3) is 0 Å². The fourth-order valence-electron chi connectivity index (χ4n) is 0.716. The Morgan fingerprint density at radius 3 is 3.09 bits per heavy atom. The molecule has 3 nitrogen and oxygen atoms in total. The minimum atomic E-state index is 0.995. The Balaban J connectivity index is 2.56. The van der Waals surface area contributed by atoms with Crippen LogP contribution >= 0.6 is 15.9 Å². The zero-order valence-corrected chi connectivity index (χ0v) is 7.95. The Morgan fingerprint density at radius 1 is 1.73 bits per heavy atom. The van der Waals surface area contributed by atoms with Crippen molar-refractivity contribution < 1.29 is 0 Å². The van der Waals surface area contributed by atoms with Crippen LogP contribution < -0.4 is 0 Å². The van der Waals surface area contributed by atoms with E-state index in [2.05, 4.69) is 32.3 Å². The van der Waals surface area contributed by atoms with Gasteiger partial charge in [-0.25, -0.2) is 4.68 Å². The Hall–Kier alpha value is -0.640. The third-order valence-electron chi connectivity index (χ3n) is 1.31. The van der Waals surface area contributed by atoms with Gasteiger partial charge in [0.2, 0.25) is 0 Å². The Labute approximate surface area is 74.2 Å². The van der Waals surface area contributed by atoms with Crippen molar-refractivity contribution in [2.24, 2.45) is 7.05 Å². The molecule has 0 unspecified atom stereocenters. The second-order valence-electron chi connectivity index (χ2n) is 2.16. The molecule has 0 aliphatic heterocycles. The molecule has 4 heteroatoms. The molecule has 0 bridgehead atoms. The maximum absolute atomic E-state index is 3.80. The first-order valence-corrected chi connectivity index (χ1v) is 4.54. The summed E-state index contributed by atoms with van der Waals surface area (Å²) < 4.78 is 1.74. The van der Waals surface area contributed by atoms with Crippen LogP contribution in [-0.4, -0.2) is 20.3 Å².